The van der Waals surface area contributed by atoms with Crippen LogP contribution in [0.5, 0.6) is 0 Å². The molecule has 0 saturated carbocycles. The van der Waals surface area contributed by atoms with E-state index in [1.54, 1.807) is 0 Å². The third-order valence-corrected chi connectivity index (χ3v) is 4.09. The van der Waals surface area contributed by atoms with Gasteiger partial charge in [-0.2, -0.15) is 0 Å². The zero-order valence-electron chi connectivity index (χ0n) is 11.9. The normalized spacial score (nSPS) is 17.4. The summed E-state index contributed by atoms with van der Waals surface area (Å²) in [6, 6.07) is 13.6. The van der Waals surface area contributed by atoms with E-state index in [1.807, 2.05) is 6.20 Å². The highest BCUT2D eigenvalue weighted by Crippen LogP contribution is 2.14. The van der Waals surface area contributed by atoms with E-state index in [0.717, 1.165) is 13.1 Å². The number of likely N-dealkylation sites (tertiary alicyclic amines) is 1. The number of nitrogens with zero attached hydrogens (tertiary/aromatic N) is 1. The second-order valence-corrected chi connectivity index (χ2v) is 5.64. The van der Waals surface area contributed by atoms with Gasteiger partial charge in [0.25, 0.3) is 0 Å². The average Bonchev–Trinajstić information content (AvgIpc) is 3.01. The maximum absolute atomic E-state index is 3.66. The van der Waals surface area contributed by atoms with Crippen LogP contribution in [-0.4, -0.2) is 29.0 Å². The molecule has 2 N–H and O–H groups in total. The number of H-pyrrole nitrogens is 1. The number of aromatic amines is 1. The van der Waals surface area contributed by atoms with Crippen LogP contribution in [-0.2, 0) is 13.1 Å². The predicted molar refractivity (Wildman–Crippen MR) is 82.4 cm³/mol. The molecular formula is C17H23N3. The van der Waals surface area contributed by atoms with Crippen molar-refractivity contribution >= 4 is 0 Å². The lowest BCUT2D eigenvalue weighted by molar-refractivity contribution is 0.190. The minimum atomic E-state index is 0.664. The lowest BCUT2D eigenvalue weighted by Gasteiger charge is -2.32. The quantitative estimate of drug-likeness (QED) is 0.874. The highest BCUT2D eigenvalue weighted by Gasteiger charge is 2.18. The van der Waals surface area contributed by atoms with Crippen molar-refractivity contribution in [3.8, 4) is 0 Å². The molecule has 0 amide bonds. The van der Waals surface area contributed by atoms with Crippen molar-refractivity contribution in [3.05, 3.63) is 59.9 Å². The largest absolute Gasteiger partial charge is 0.367 e. The Labute approximate surface area is 121 Å². The van der Waals surface area contributed by atoms with Crippen LogP contribution in [0.3, 0.4) is 0 Å². The maximum Gasteiger partial charge on any atom is 0.0233 e. The van der Waals surface area contributed by atoms with Gasteiger partial charge in [-0.15, -0.1) is 0 Å². The fourth-order valence-electron chi connectivity index (χ4n) is 2.87. The van der Waals surface area contributed by atoms with Crippen molar-refractivity contribution in [2.45, 2.75) is 32.0 Å². The number of hydrogen-bond donors (Lipinski definition) is 2. The summed E-state index contributed by atoms with van der Waals surface area (Å²) >= 11 is 0. The molecule has 1 saturated heterocycles. The van der Waals surface area contributed by atoms with Gasteiger partial charge in [0.2, 0.25) is 0 Å². The molecule has 1 aromatic carbocycles. The van der Waals surface area contributed by atoms with Crippen molar-refractivity contribution in [2.75, 3.05) is 13.1 Å². The number of aromatic nitrogens is 1. The Hall–Kier alpha value is -1.58. The Morgan fingerprint density at radius 2 is 1.85 bits per heavy atom. The molecular weight excluding hydrogens is 246 g/mol. The summed E-state index contributed by atoms with van der Waals surface area (Å²) in [7, 11) is 0. The first kappa shape index (κ1) is 13.4. The van der Waals surface area contributed by atoms with Gasteiger partial charge in [-0.1, -0.05) is 30.3 Å². The molecule has 0 aliphatic carbocycles. The summed E-state index contributed by atoms with van der Waals surface area (Å²) < 4.78 is 0. The Morgan fingerprint density at radius 1 is 1.05 bits per heavy atom. The van der Waals surface area contributed by atoms with Crippen LogP contribution in [0.1, 0.15) is 24.0 Å². The zero-order chi connectivity index (χ0) is 13.6. The summed E-state index contributed by atoms with van der Waals surface area (Å²) in [5.41, 5.74) is 2.77. The molecule has 106 valence electrons. The fourth-order valence-corrected chi connectivity index (χ4v) is 2.87. The topological polar surface area (TPSA) is 31.1 Å². The van der Waals surface area contributed by atoms with Crippen LogP contribution in [0.4, 0.5) is 0 Å². The molecule has 1 fully saturated rings. The smallest absolute Gasteiger partial charge is 0.0233 e. The summed E-state index contributed by atoms with van der Waals surface area (Å²) in [4.78, 5) is 5.66. The Morgan fingerprint density at radius 3 is 2.55 bits per heavy atom. The molecule has 0 unspecified atom stereocenters. The van der Waals surface area contributed by atoms with E-state index in [-0.39, 0.29) is 0 Å². The van der Waals surface area contributed by atoms with E-state index in [2.05, 4.69) is 57.8 Å². The van der Waals surface area contributed by atoms with Crippen LogP contribution in [0.2, 0.25) is 0 Å². The van der Waals surface area contributed by atoms with Gasteiger partial charge in [0.05, 0.1) is 0 Å². The summed E-state index contributed by atoms with van der Waals surface area (Å²) in [6.45, 7) is 4.46. The molecule has 0 radical (unpaired) electrons. The SMILES string of the molecule is c1ccc(CN2CCC(NCc3cc[nH]c3)CC2)cc1. The fraction of sp³-hybridized carbons (Fsp3) is 0.412. The molecule has 1 aliphatic rings. The van der Waals surface area contributed by atoms with Crippen molar-refractivity contribution in [1.29, 1.82) is 0 Å². The second kappa shape index (κ2) is 6.73. The van der Waals surface area contributed by atoms with Crippen LogP contribution >= 0.6 is 0 Å². The highest BCUT2D eigenvalue weighted by molar-refractivity contribution is 5.14. The van der Waals surface area contributed by atoms with Gasteiger partial charge in [-0.25, -0.2) is 0 Å². The predicted octanol–water partition coefficient (Wildman–Crippen LogP) is 2.77. The van der Waals surface area contributed by atoms with E-state index >= 15 is 0 Å². The minimum absolute atomic E-state index is 0.664. The third-order valence-electron chi connectivity index (χ3n) is 4.09. The van der Waals surface area contributed by atoms with Crippen molar-refractivity contribution in [3.63, 3.8) is 0 Å². The minimum Gasteiger partial charge on any atom is -0.367 e. The van der Waals surface area contributed by atoms with E-state index in [9.17, 15) is 0 Å². The molecule has 3 nitrogen and oxygen atoms in total. The Balaban J connectivity index is 1.40. The average molecular weight is 269 g/mol. The summed E-state index contributed by atoms with van der Waals surface area (Å²) in [5, 5.41) is 3.66. The maximum atomic E-state index is 3.66. The molecule has 1 aromatic heterocycles. The number of hydrogen-bond acceptors (Lipinski definition) is 2. The molecule has 0 bridgehead atoms. The van der Waals surface area contributed by atoms with Crippen molar-refractivity contribution < 1.29 is 0 Å². The van der Waals surface area contributed by atoms with Crippen LogP contribution in [0, 0.1) is 0 Å². The first-order chi connectivity index (χ1) is 9.90. The van der Waals surface area contributed by atoms with Gasteiger partial charge in [0.1, 0.15) is 0 Å². The first-order valence-corrected chi connectivity index (χ1v) is 7.51. The van der Waals surface area contributed by atoms with Gasteiger partial charge in [-0.05, 0) is 43.1 Å². The van der Waals surface area contributed by atoms with Crippen LogP contribution < -0.4 is 5.32 Å². The first-order valence-electron chi connectivity index (χ1n) is 7.51. The molecule has 3 rings (SSSR count). The summed E-state index contributed by atoms with van der Waals surface area (Å²) in [6.07, 6.45) is 6.55. The van der Waals surface area contributed by atoms with E-state index in [0.29, 0.717) is 6.04 Å². The van der Waals surface area contributed by atoms with Crippen molar-refractivity contribution in [1.82, 2.24) is 15.2 Å². The highest BCUT2D eigenvalue weighted by atomic mass is 15.1. The lowest BCUT2D eigenvalue weighted by Crippen LogP contribution is -2.41. The zero-order valence-corrected chi connectivity index (χ0v) is 11.9. The standard InChI is InChI=1S/C17H23N3/c1-2-4-15(5-3-1)14-20-10-7-17(8-11-20)19-13-16-6-9-18-12-16/h1-6,9,12,17-19H,7-8,10-11,13-14H2. The third kappa shape index (κ3) is 3.71. The van der Waals surface area contributed by atoms with Gasteiger partial charge < -0.3 is 10.3 Å². The Kier molecular flexibility index (Phi) is 4.51. The van der Waals surface area contributed by atoms with Crippen molar-refractivity contribution in [2.24, 2.45) is 0 Å². The summed E-state index contributed by atoms with van der Waals surface area (Å²) in [5.74, 6) is 0. The van der Waals surface area contributed by atoms with E-state index in [4.69, 9.17) is 0 Å². The molecule has 1 aliphatic heterocycles. The van der Waals surface area contributed by atoms with E-state index < -0.39 is 0 Å². The monoisotopic (exact) mass is 269 g/mol. The number of piperidine rings is 1. The molecule has 3 heteroatoms. The van der Waals surface area contributed by atoms with Crippen LogP contribution in [0.15, 0.2) is 48.8 Å². The molecule has 0 spiro atoms. The number of rotatable bonds is 5. The van der Waals surface area contributed by atoms with Gasteiger partial charge >= 0.3 is 0 Å². The molecule has 2 aromatic rings. The molecule has 2 heterocycles. The molecule has 20 heavy (non-hydrogen) atoms. The van der Waals surface area contributed by atoms with Crippen LogP contribution in [0.25, 0.3) is 0 Å². The van der Waals surface area contributed by atoms with Gasteiger partial charge in [0, 0.05) is 31.5 Å². The Bertz CT molecular complexity index is 484. The van der Waals surface area contributed by atoms with E-state index in [1.165, 1.54) is 37.1 Å². The number of benzene rings is 1. The second-order valence-electron chi connectivity index (χ2n) is 5.64. The van der Waals surface area contributed by atoms with Gasteiger partial charge in [-0.3, -0.25) is 4.90 Å². The van der Waals surface area contributed by atoms with Gasteiger partial charge in [0.15, 0.2) is 0 Å². The molecule has 0 atom stereocenters. The lowest BCUT2D eigenvalue weighted by atomic mass is 10.0. The number of nitrogens with one attached hydrogen (secondary N) is 2.